The fourth-order valence-electron chi connectivity index (χ4n) is 0.929. The molecule has 0 aliphatic rings. The highest BCUT2D eigenvalue weighted by molar-refractivity contribution is 5.55. The van der Waals surface area contributed by atoms with Gasteiger partial charge < -0.3 is 9.90 Å². The van der Waals surface area contributed by atoms with Crippen molar-refractivity contribution in [1.82, 2.24) is 0 Å². The molecule has 0 heterocycles. The Balaban J connectivity index is 0.000000561. The third kappa shape index (κ3) is 3.30. The largest absolute Gasteiger partial charge is 0.400 e. The van der Waals surface area contributed by atoms with Crippen LogP contribution < -0.4 is 0 Å². The lowest BCUT2D eigenvalue weighted by atomic mass is 10.1. The van der Waals surface area contributed by atoms with Crippen LogP contribution in [0.3, 0.4) is 0 Å². The summed E-state index contributed by atoms with van der Waals surface area (Å²) in [5.41, 5.74) is 2.31. The Morgan fingerprint density at radius 1 is 1.33 bits per heavy atom. The van der Waals surface area contributed by atoms with Crippen LogP contribution in [0.2, 0.25) is 0 Å². The molecular weight excluding hydrogens is 152 g/mol. The Labute approximate surface area is 72.9 Å². The molecule has 0 unspecified atom stereocenters. The molecule has 1 aromatic rings. The topological polar surface area (TPSA) is 37.3 Å². The number of carbonyl (C=O) groups excluding carboxylic acids is 1. The smallest absolute Gasteiger partial charge is 0.124 e. The third-order valence-corrected chi connectivity index (χ3v) is 1.56. The van der Waals surface area contributed by atoms with Crippen molar-refractivity contribution in [2.45, 2.75) is 13.3 Å². The van der Waals surface area contributed by atoms with Crippen LogP contribution in [0.4, 0.5) is 0 Å². The number of carbonyl (C=O) groups is 1. The van der Waals surface area contributed by atoms with E-state index in [0.29, 0.717) is 6.42 Å². The second-order valence-corrected chi connectivity index (χ2v) is 2.30. The number of rotatable bonds is 2. The lowest BCUT2D eigenvalue weighted by Gasteiger charge is -1.97. The first-order valence-corrected chi connectivity index (χ1v) is 3.77. The van der Waals surface area contributed by atoms with Crippen molar-refractivity contribution in [2.75, 3.05) is 7.11 Å². The van der Waals surface area contributed by atoms with Gasteiger partial charge in [0.1, 0.15) is 6.29 Å². The van der Waals surface area contributed by atoms with Crippen molar-refractivity contribution in [2.24, 2.45) is 0 Å². The van der Waals surface area contributed by atoms with E-state index < -0.39 is 0 Å². The minimum Gasteiger partial charge on any atom is -0.400 e. The van der Waals surface area contributed by atoms with E-state index in [1.54, 1.807) is 0 Å². The molecule has 1 rings (SSSR count). The van der Waals surface area contributed by atoms with Gasteiger partial charge in [-0.1, -0.05) is 24.3 Å². The number of aliphatic hydroxyl groups excluding tert-OH is 1. The highest BCUT2D eigenvalue weighted by Gasteiger charge is 1.92. The molecule has 2 nitrogen and oxygen atoms in total. The van der Waals surface area contributed by atoms with Crippen LogP contribution in [0.25, 0.3) is 0 Å². The molecular formula is C10H14O2. The molecule has 1 N–H and O–H groups in total. The summed E-state index contributed by atoms with van der Waals surface area (Å²) in [4.78, 5) is 10.1. The lowest BCUT2D eigenvalue weighted by molar-refractivity contribution is -0.107. The van der Waals surface area contributed by atoms with Crippen LogP contribution in [0.1, 0.15) is 11.1 Å². The molecule has 0 atom stereocenters. The summed E-state index contributed by atoms with van der Waals surface area (Å²) in [6.07, 6.45) is 1.47. The highest BCUT2D eigenvalue weighted by atomic mass is 16.2. The van der Waals surface area contributed by atoms with Crippen LogP contribution >= 0.6 is 0 Å². The van der Waals surface area contributed by atoms with E-state index >= 15 is 0 Å². The van der Waals surface area contributed by atoms with Gasteiger partial charge in [0.2, 0.25) is 0 Å². The zero-order valence-electron chi connectivity index (χ0n) is 7.45. The molecule has 0 fully saturated rings. The Morgan fingerprint density at radius 2 is 1.92 bits per heavy atom. The van der Waals surface area contributed by atoms with Crippen LogP contribution in [0.15, 0.2) is 24.3 Å². The van der Waals surface area contributed by atoms with E-state index in [9.17, 15) is 4.79 Å². The van der Waals surface area contributed by atoms with Gasteiger partial charge in [-0.3, -0.25) is 0 Å². The zero-order chi connectivity index (χ0) is 9.40. The maximum absolute atomic E-state index is 10.1. The number of aldehydes is 1. The summed E-state index contributed by atoms with van der Waals surface area (Å²) in [6, 6.07) is 7.91. The number of aliphatic hydroxyl groups is 1. The summed E-state index contributed by atoms with van der Waals surface area (Å²) in [5.74, 6) is 0. The van der Waals surface area contributed by atoms with Crippen molar-refractivity contribution < 1.29 is 9.90 Å². The monoisotopic (exact) mass is 166 g/mol. The average molecular weight is 166 g/mol. The Morgan fingerprint density at radius 3 is 2.42 bits per heavy atom. The first kappa shape index (κ1) is 10.8. The van der Waals surface area contributed by atoms with E-state index in [0.717, 1.165) is 19.0 Å². The highest BCUT2D eigenvalue weighted by Crippen LogP contribution is 2.05. The second kappa shape index (κ2) is 6.55. The van der Waals surface area contributed by atoms with Crippen molar-refractivity contribution in [3.63, 3.8) is 0 Å². The molecule has 1 aromatic carbocycles. The van der Waals surface area contributed by atoms with E-state index in [4.69, 9.17) is 5.11 Å². The normalized spacial score (nSPS) is 8.25. The van der Waals surface area contributed by atoms with E-state index in [1.807, 2.05) is 31.2 Å². The molecule has 0 aromatic heterocycles. The Bertz CT molecular complexity index is 231. The van der Waals surface area contributed by atoms with Gasteiger partial charge in [-0.05, 0) is 18.1 Å². The molecule has 0 aliphatic heterocycles. The van der Waals surface area contributed by atoms with Crippen LogP contribution in [0.5, 0.6) is 0 Å². The van der Waals surface area contributed by atoms with Crippen molar-refractivity contribution in [3.05, 3.63) is 35.4 Å². The molecule has 0 saturated heterocycles. The minimum atomic E-state index is 0.534. The number of hydrogen-bond acceptors (Lipinski definition) is 2. The summed E-state index contributed by atoms with van der Waals surface area (Å²) in [6.45, 7) is 2.01. The van der Waals surface area contributed by atoms with E-state index in [1.165, 1.54) is 5.56 Å². The van der Waals surface area contributed by atoms with Gasteiger partial charge in [0.15, 0.2) is 0 Å². The number of hydrogen-bond donors (Lipinski definition) is 1. The molecule has 0 amide bonds. The van der Waals surface area contributed by atoms with Gasteiger partial charge in [-0.25, -0.2) is 0 Å². The van der Waals surface area contributed by atoms with E-state index in [-0.39, 0.29) is 0 Å². The average Bonchev–Trinajstić information content (AvgIpc) is 2.13. The molecule has 0 saturated carbocycles. The van der Waals surface area contributed by atoms with Gasteiger partial charge in [0.05, 0.1) is 0 Å². The molecule has 0 spiro atoms. The molecule has 0 bridgehead atoms. The molecule has 0 aliphatic carbocycles. The second-order valence-electron chi connectivity index (χ2n) is 2.30. The van der Waals surface area contributed by atoms with E-state index in [2.05, 4.69) is 0 Å². The van der Waals surface area contributed by atoms with Gasteiger partial charge in [0.25, 0.3) is 0 Å². The quantitative estimate of drug-likeness (QED) is 0.673. The lowest BCUT2D eigenvalue weighted by Crippen LogP contribution is -1.88. The standard InChI is InChI=1S/C9H10O.CH4O/c1-8-4-2-3-5-9(8)6-7-10;1-2/h2-5,7H,6H2,1H3;2H,1H3. The summed E-state index contributed by atoms with van der Waals surface area (Å²) in [7, 11) is 1.00. The van der Waals surface area contributed by atoms with Crippen molar-refractivity contribution >= 4 is 6.29 Å². The molecule has 66 valence electrons. The van der Waals surface area contributed by atoms with Crippen LogP contribution in [0, 0.1) is 6.92 Å². The zero-order valence-corrected chi connectivity index (χ0v) is 7.45. The van der Waals surface area contributed by atoms with Gasteiger partial charge >= 0.3 is 0 Å². The Kier molecular flexibility index (Phi) is 5.93. The number of benzene rings is 1. The van der Waals surface area contributed by atoms with Gasteiger partial charge in [0, 0.05) is 13.5 Å². The van der Waals surface area contributed by atoms with Crippen LogP contribution in [-0.4, -0.2) is 18.5 Å². The Hall–Kier alpha value is -1.15. The summed E-state index contributed by atoms with van der Waals surface area (Å²) in [5, 5.41) is 7.00. The van der Waals surface area contributed by atoms with Crippen molar-refractivity contribution in [3.8, 4) is 0 Å². The predicted octanol–water partition coefficient (Wildman–Crippen LogP) is 1.34. The maximum atomic E-state index is 10.1. The van der Waals surface area contributed by atoms with Gasteiger partial charge in [-0.15, -0.1) is 0 Å². The first-order valence-electron chi connectivity index (χ1n) is 3.77. The summed E-state index contributed by atoms with van der Waals surface area (Å²) < 4.78 is 0. The first-order chi connectivity index (χ1) is 5.84. The van der Waals surface area contributed by atoms with Crippen molar-refractivity contribution in [1.29, 1.82) is 0 Å². The molecule has 12 heavy (non-hydrogen) atoms. The molecule has 0 radical (unpaired) electrons. The fraction of sp³-hybridized carbons (Fsp3) is 0.300. The predicted molar refractivity (Wildman–Crippen MR) is 49.1 cm³/mol. The summed E-state index contributed by atoms with van der Waals surface area (Å²) >= 11 is 0. The minimum absolute atomic E-state index is 0.534. The molecule has 2 heteroatoms. The van der Waals surface area contributed by atoms with Crippen LogP contribution in [-0.2, 0) is 11.2 Å². The SMILES string of the molecule is CO.Cc1ccccc1CC=O. The third-order valence-electron chi connectivity index (χ3n) is 1.56. The fourth-order valence-corrected chi connectivity index (χ4v) is 0.929. The number of aryl methyl sites for hydroxylation is 1. The van der Waals surface area contributed by atoms with Gasteiger partial charge in [-0.2, -0.15) is 0 Å². The maximum Gasteiger partial charge on any atom is 0.124 e.